The molecule has 23 heavy (non-hydrogen) atoms. The van der Waals surface area contributed by atoms with Gasteiger partial charge in [-0.1, -0.05) is 18.2 Å². The third kappa shape index (κ3) is 4.01. The van der Waals surface area contributed by atoms with Crippen molar-refractivity contribution in [2.75, 3.05) is 0 Å². The first-order chi connectivity index (χ1) is 11.0. The van der Waals surface area contributed by atoms with Crippen LogP contribution in [0.1, 0.15) is 28.4 Å². The summed E-state index contributed by atoms with van der Waals surface area (Å²) < 4.78 is 32.4. The van der Waals surface area contributed by atoms with Gasteiger partial charge in [0.1, 0.15) is 23.5 Å². The molecule has 0 aliphatic heterocycles. The molecule has 0 heterocycles. The molecule has 0 fully saturated rings. The molecule has 5 heteroatoms. The Hall–Kier alpha value is -3.00. The van der Waals surface area contributed by atoms with E-state index in [-0.39, 0.29) is 16.9 Å². The molecule has 2 aromatic rings. The predicted molar refractivity (Wildman–Crippen MR) is 81.0 cm³/mol. The fourth-order valence-corrected chi connectivity index (χ4v) is 1.92. The SMILES string of the molecule is CC=CCc1ccc(C(=O)Oc2ccc(C#N)c(F)c2)c(F)c1. The van der Waals surface area contributed by atoms with Gasteiger partial charge in [0, 0.05) is 6.07 Å². The first-order valence-corrected chi connectivity index (χ1v) is 6.86. The maximum Gasteiger partial charge on any atom is 0.346 e. The number of carbonyl (C=O) groups is 1. The normalized spacial score (nSPS) is 10.5. The van der Waals surface area contributed by atoms with Crippen molar-refractivity contribution in [1.82, 2.24) is 0 Å². The van der Waals surface area contributed by atoms with Crippen molar-refractivity contribution in [1.29, 1.82) is 5.26 Å². The van der Waals surface area contributed by atoms with Crippen molar-refractivity contribution in [2.24, 2.45) is 0 Å². The highest BCUT2D eigenvalue weighted by Gasteiger charge is 2.15. The summed E-state index contributed by atoms with van der Waals surface area (Å²) in [5.74, 6) is -2.53. The number of halogens is 2. The van der Waals surface area contributed by atoms with E-state index in [0.29, 0.717) is 6.42 Å². The summed E-state index contributed by atoms with van der Waals surface area (Å²) >= 11 is 0. The molecule has 0 aliphatic rings. The van der Waals surface area contributed by atoms with Gasteiger partial charge in [-0.15, -0.1) is 0 Å². The molecule has 0 bridgehead atoms. The Morgan fingerprint density at radius 3 is 2.61 bits per heavy atom. The number of nitriles is 1. The quantitative estimate of drug-likeness (QED) is 0.483. The zero-order valence-electron chi connectivity index (χ0n) is 12.3. The minimum atomic E-state index is -0.927. The number of esters is 1. The zero-order chi connectivity index (χ0) is 16.8. The Bertz CT molecular complexity index is 807. The van der Waals surface area contributed by atoms with E-state index >= 15 is 0 Å². The topological polar surface area (TPSA) is 50.1 Å². The molecule has 116 valence electrons. The molecule has 3 nitrogen and oxygen atoms in total. The van der Waals surface area contributed by atoms with Crippen LogP contribution in [0.15, 0.2) is 48.6 Å². The monoisotopic (exact) mass is 313 g/mol. The summed E-state index contributed by atoms with van der Waals surface area (Å²) in [6.07, 6.45) is 4.27. The molecular formula is C18H13F2NO2. The molecule has 0 atom stereocenters. The van der Waals surface area contributed by atoms with E-state index in [9.17, 15) is 13.6 Å². The maximum absolute atomic E-state index is 14.0. The zero-order valence-corrected chi connectivity index (χ0v) is 12.3. The number of rotatable bonds is 4. The minimum Gasteiger partial charge on any atom is -0.423 e. The van der Waals surface area contributed by atoms with Crippen LogP contribution in [0.3, 0.4) is 0 Å². The summed E-state index contributed by atoms with van der Waals surface area (Å²) in [7, 11) is 0. The smallest absolute Gasteiger partial charge is 0.346 e. The van der Waals surface area contributed by atoms with Gasteiger partial charge in [0.25, 0.3) is 0 Å². The Kier molecular flexibility index (Phi) is 5.21. The van der Waals surface area contributed by atoms with E-state index in [2.05, 4.69) is 0 Å². The van der Waals surface area contributed by atoms with E-state index in [1.54, 1.807) is 12.1 Å². The molecule has 0 saturated carbocycles. The van der Waals surface area contributed by atoms with Crippen molar-refractivity contribution in [3.63, 3.8) is 0 Å². The van der Waals surface area contributed by atoms with Gasteiger partial charge in [-0.2, -0.15) is 5.26 Å². The highest BCUT2D eigenvalue weighted by Crippen LogP contribution is 2.19. The first kappa shape index (κ1) is 16.4. The highest BCUT2D eigenvalue weighted by atomic mass is 19.1. The highest BCUT2D eigenvalue weighted by molar-refractivity contribution is 5.91. The van der Waals surface area contributed by atoms with Gasteiger partial charge in [0.2, 0.25) is 0 Å². The van der Waals surface area contributed by atoms with Crippen molar-refractivity contribution in [3.8, 4) is 11.8 Å². The first-order valence-electron chi connectivity index (χ1n) is 6.86. The molecule has 0 radical (unpaired) electrons. The maximum atomic E-state index is 14.0. The number of allylic oxidation sites excluding steroid dienone is 2. The summed E-state index contributed by atoms with van der Waals surface area (Å²) in [6.45, 7) is 1.86. The molecule has 2 aromatic carbocycles. The number of benzene rings is 2. The number of nitrogens with zero attached hydrogens (tertiary/aromatic N) is 1. The van der Waals surface area contributed by atoms with Gasteiger partial charge >= 0.3 is 5.97 Å². The Morgan fingerprint density at radius 2 is 2.00 bits per heavy atom. The average molecular weight is 313 g/mol. The third-order valence-corrected chi connectivity index (χ3v) is 3.11. The van der Waals surface area contributed by atoms with Crippen LogP contribution < -0.4 is 4.74 Å². The molecule has 0 aromatic heterocycles. The van der Waals surface area contributed by atoms with Gasteiger partial charge in [0.05, 0.1) is 11.1 Å². The Labute approximate surface area is 132 Å². The van der Waals surface area contributed by atoms with Crippen LogP contribution in [0.5, 0.6) is 5.75 Å². The minimum absolute atomic E-state index is 0.0936. The van der Waals surface area contributed by atoms with Crippen LogP contribution in [0.4, 0.5) is 8.78 Å². The molecule has 0 unspecified atom stereocenters. The number of hydrogen-bond donors (Lipinski definition) is 0. The average Bonchev–Trinajstić information content (AvgIpc) is 2.53. The van der Waals surface area contributed by atoms with Crippen molar-refractivity contribution < 1.29 is 18.3 Å². The van der Waals surface area contributed by atoms with Crippen LogP contribution >= 0.6 is 0 Å². The van der Waals surface area contributed by atoms with Gasteiger partial charge in [-0.05, 0) is 43.2 Å². The second-order valence-electron chi connectivity index (χ2n) is 4.73. The second kappa shape index (κ2) is 7.32. The molecule has 0 N–H and O–H groups in total. The second-order valence-corrected chi connectivity index (χ2v) is 4.73. The molecule has 2 rings (SSSR count). The molecule has 0 amide bonds. The lowest BCUT2D eigenvalue weighted by Gasteiger charge is -2.07. The van der Waals surface area contributed by atoms with Gasteiger partial charge in [-0.25, -0.2) is 13.6 Å². The van der Waals surface area contributed by atoms with Crippen LogP contribution in [0.25, 0.3) is 0 Å². The van der Waals surface area contributed by atoms with E-state index in [1.165, 1.54) is 24.3 Å². The third-order valence-electron chi connectivity index (χ3n) is 3.11. The fraction of sp³-hybridized carbons (Fsp3) is 0.111. The van der Waals surface area contributed by atoms with E-state index in [0.717, 1.165) is 11.6 Å². The van der Waals surface area contributed by atoms with Crippen molar-refractivity contribution >= 4 is 5.97 Å². The lowest BCUT2D eigenvalue weighted by Crippen LogP contribution is -2.11. The molecule has 0 spiro atoms. The lowest BCUT2D eigenvalue weighted by molar-refractivity contribution is 0.0729. The summed E-state index contributed by atoms with van der Waals surface area (Å²) in [5, 5.41) is 8.64. The number of hydrogen-bond acceptors (Lipinski definition) is 3. The van der Waals surface area contributed by atoms with E-state index < -0.39 is 17.6 Å². The Balaban J connectivity index is 2.18. The summed E-state index contributed by atoms with van der Waals surface area (Å²) in [5.41, 5.74) is 0.324. The van der Waals surface area contributed by atoms with Crippen LogP contribution in [0, 0.1) is 23.0 Å². The number of ether oxygens (including phenoxy) is 1. The number of carbonyl (C=O) groups excluding carboxylic acids is 1. The summed E-state index contributed by atoms with van der Waals surface area (Å²) in [6, 6.07) is 9.25. The van der Waals surface area contributed by atoms with Gasteiger partial charge < -0.3 is 4.74 Å². The fourth-order valence-electron chi connectivity index (χ4n) is 1.92. The molecule has 0 saturated heterocycles. The Morgan fingerprint density at radius 1 is 1.22 bits per heavy atom. The van der Waals surface area contributed by atoms with Gasteiger partial charge in [0.15, 0.2) is 0 Å². The standard InChI is InChI=1S/C18H13F2NO2/c1-2-3-4-12-5-8-15(17(20)9-12)18(22)23-14-7-6-13(11-21)16(19)10-14/h2-3,5-10H,4H2,1H3. The lowest BCUT2D eigenvalue weighted by atomic mass is 10.1. The molecule has 0 aliphatic carbocycles. The van der Waals surface area contributed by atoms with Gasteiger partial charge in [-0.3, -0.25) is 0 Å². The van der Waals surface area contributed by atoms with E-state index in [4.69, 9.17) is 10.00 Å². The van der Waals surface area contributed by atoms with Crippen LogP contribution in [-0.2, 0) is 6.42 Å². The van der Waals surface area contributed by atoms with Crippen molar-refractivity contribution in [2.45, 2.75) is 13.3 Å². The predicted octanol–water partition coefficient (Wildman–Crippen LogP) is 4.17. The van der Waals surface area contributed by atoms with E-state index in [1.807, 2.05) is 19.1 Å². The molecular weight excluding hydrogens is 300 g/mol. The van der Waals surface area contributed by atoms with Crippen LogP contribution in [-0.4, -0.2) is 5.97 Å². The van der Waals surface area contributed by atoms with Crippen molar-refractivity contribution in [3.05, 3.63) is 76.9 Å². The van der Waals surface area contributed by atoms with Crippen LogP contribution in [0.2, 0.25) is 0 Å². The summed E-state index contributed by atoms with van der Waals surface area (Å²) in [4.78, 5) is 12.0. The largest absolute Gasteiger partial charge is 0.423 e.